The fourth-order valence-corrected chi connectivity index (χ4v) is 3.91. The van der Waals surface area contributed by atoms with E-state index in [0.29, 0.717) is 12.1 Å². The molecule has 0 amide bonds. The zero-order valence-corrected chi connectivity index (χ0v) is 14.3. The predicted octanol–water partition coefficient (Wildman–Crippen LogP) is 2.08. The van der Waals surface area contributed by atoms with Crippen LogP contribution in [-0.2, 0) is 4.74 Å². The third-order valence-electron chi connectivity index (χ3n) is 5.62. The summed E-state index contributed by atoms with van der Waals surface area (Å²) in [6.45, 7) is 9.73. The van der Waals surface area contributed by atoms with Crippen molar-refractivity contribution in [1.82, 2.24) is 9.80 Å². The van der Waals surface area contributed by atoms with Gasteiger partial charge in [0.05, 0.1) is 6.10 Å². The highest BCUT2D eigenvalue weighted by Crippen LogP contribution is 2.29. The minimum atomic E-state index is 0.171. The second-order valence-corrected chi connectivity index (χ2v) is 7.28. The second-order valence-electron chi connectivity index (χ2n) is 7.28. The average Bonchev–Trinajstić information content (AvgIpc) is 2.71. The van der Waals surface area contributed by atoms with E-state index in [4.69, 9.17) is 10.5 Å². The van der Waals surface area contributed by atoms with Gasteiger partial charge in [0.25, 0.3) is 0 Å². The monoisotopic (exact) mass is 297 g/mol. The molecule has 0 aromatic rings. The van der Waals surface area contributed by atoms with Gasteiger partial charge in [-0.25, -0.2) is 0 Å². The zero-order chi connectivity index (χ0) is 15.3. The number of rotatable bonds is 5. The molecule has 2 unspecified atom stereocenters. The molecule has 2 aliphatic rings. The number of hydrogen-bond acceptors (Lipinski definition) is 4. The second kappa shape index (κ2) is 7.91. The van der Waals surface area contributed by atoms with Crippen molar-refractivity contribution >= 4 is 0 Å². The van der Waals surface area contributed by atoms with Crippen LogP contribution in [0, 0.1) is 0 Å². The molecule has 2 saturated heterocycles. The van der Waals surface area contributed by atoms with E-state index >= 15 is 0 Å². The Balaban J connectivity index is 1.95. The van der Waals surface area contributed by atoms with E-state index in [2.05, 4.69) is 30.7 Å². The van der Waals surface area contributed by atoms with E-state index in [1.807, 2.05) is 0 Å². The number of hydrogen-bond donors (Lipinski definition) is 1. The minimum absolute atomic E-state index is 0.171. The Labute approximate surface area is 131 Å². The summed E-state index contributed by atoms with van der Waals surface area (Å²) >= 11 is 0. The van der Waals surface area contributed by atoms with Crippen LogP contribution < -0.4 is 5.73 Å². The molecular weight excluding hydrogens is 262 g/mol. The lowest BCUT2D eigenvalue weighted by molar-refractivity contribution is -0.0254. The number of nitrogens with zero attached hydrogens (tertiary/aromatic N) is 2. The normalized spacial score (nSPS) is 32.6. The van der Waals surface area contributed by atoms with Crippen LogP contribution in [0.5, 0.6) is 0 Å². The maximum absolute atomic E-state index is 6.23. The van der Waals surface area contributed by atoms with Gasteiger partial charge in [-0.3, -0.25) is 4.90 Å². The van der Waals surface area contributed by atoms with Gasteiger partial charge < -0.3 is 15.4 Å². The van der Waals surface area contributed by atoms with Crippen LogP contribution in [0.25, 0.3) is 0 Å². The lowest BCUT2D eigenvalue weighted by atomic mass is 9.88. The van der Waals surface area contributed by atoms with E-state index in [1.54, 1.807) is 0 Å². The number of likely N-dealkylation sites (tertiary alicyclic amines) is 1. The molecule has 4 heteroatoms. The first kappa shape index (κ1) is 17.2. The molecule has 0 aliphatic carbocycles. The van der Waals surface area contributed by atoms with Gasteiger partial charge >= 0.3 is 0 Å². The Kier molecular flexibility index (Phi) is 6.48. The van der Waals surface area contributed by atoms with E-state index in [-0.39, 0.29) is 5.54 Å². The highest BCUT2D eigenvalue weighted by Gasteiger charge is 2.36. The summed E-state index contributed by atoms with van der Waals surface area (Å²) in [5.41, 5.74) is 6.41. The Morgan fingerprint density at radius 3 is 2.67 bits per heavy atom. The van der Waals surface area contributed by atoms with Crippen molar-refractivity contribution in [2.24, 2.45) is 5.73 Å². The van der Waals surface area contributed by atoms with Crippen molar-refractivity contribution < 1.29 is 4.74 Å². The van der Waals surface area contributed by atoms with Crippen LogP contribution in [0.15, 0.2) is 0 Å². The molecule has 0 aromatic carbocycles. The van der Waals surface area contributed by atoms with Crippen LogP contribution in [-0.4, -0.2) is 67.3 Å². The molecule has 2 fully saturated rings. The van der Waals surface area contributed by atoms with E-state index in [0.717, 1.165) is 19.7 Å². The first-order chi connectivity index (χ1) is 10.1. The first-order valence-corrected chi connectivity index (χ1v) is 8.84. The van der Waals surface area contributed by atoms with Gasteiger partial charge in [-0.15, -0.1) is 0 Å². The summed E-state index contributed by atoms with van der Waals surface area (Å²) in [6.07, 6.45) is 7.83. The summed E-state index contributed by atoms with van der Waals surface area (Å²) in [7, 11) is 2.26. The molecular formula is C17H35N3O. The van der Waals surface area contributed by atoms with Crippen molar-refractivity contribution in [1.29, 1.82) is 0 Å². The molecule has 0 spiro atoms. The molecule has 0 bridgehead atoms. The summed E-state index contributed by atoms with van der Waals surface area (Å²) in [5, 5.41) is 0. The standard InChI is InChI=1S/C17H35N3O/c1-15(2)20-10-6-8-17(14-18,9-11-20)19(3)13-16-7-4-5-12-21-16/h15-16H,4-14,18H2,1-3H3. The van der Waals surface area contributed by atoms with E-state index < -0.39 is 0 Å². The molecule has 0 aromatic heterocycles. The SMILES string of the molecule is CC(C)N1CCCC(CN)(N(C)CC2CCCCO2)CC1. The Morgan fingerprint density at radius 2 is 2.05 bits per heavy atom. The van der Waals surface area contributed by atoms with Gasteiger partial charge in [0, 0.05) is 37.8 Å². The molecule has 2 heterocycles. The largest absolute Gasteiger partial charge is 0.377 e. The minimum Gasteiger partial charge on any atom is -0.377 e. The fraction of sp³-hybridized carbons (Fsp3) is 1.00. The van der Waals surface area contributed by atoms with E-state index in [9.17, 15) is 0 Å². The van der Waals surface area contributed by atoms with Gasteiger partial charge in [0.1, 0.15) is 0 Å². The average molecular weight is 297 g/mol. The molecule has 2 aliphatic heterocycles. The molecule has 0 radical (unpaired) electrons. The maximum atomic E-state index is 6.23. The van der Waals surface area contributed by atoms with Crippen LogP contribution in [0.4, 0.5) is 0 Å². The third kappa shape index (κ3) is 4.41. The van der Waals surface area contributed by atoms with Gasteiger partial charge in [-0.2, -0.15) is 0 Å². The molecule has 4 nitrogen and oxygen atoms in total. The van der Waals surface area contributed by atoms with Crippen molar-refractivity contribution in [3.63, 3.8) is 0 Å². The quantitative estimate of drug-likeness (QED) is 0.843. The molecule has 21 heavy (non-hydrogen) atoms. The summed E-state index contributed by atoms with van der Waals surface area (Å²) < 4.78 is 5.93. The van der Waals surface area contributed by atoms with Crippen molar-refractivity contribution in [2.75, 3.05) is 39.8 Å². The molecule has 124 valence electrons. The number of nitrogens with two attached hydrogens (primary N) is 1. The maximum Gasteiger partial charge on any atom is 0.0702 e. The van der Waals surface area contributed by atoms with Gasteiger partial charge in [0.15, 0.2) is 0 Å². The third-order valence-corrected chi connectivity index (χ3v) is 5.62. The summed E-state index contributed by atoms with van der Waals surface area (Å²) in [6, 6.07) is 0.644. The lowest BCUT2D eigenvalue weighted by Gasteiger charge is -2.43. The van der Waals surface area contributed by atoms with E-state index in [1.165, 1.54) is 51.6 Å². The Morgan fingerprint density at radius 1 is 1.24 bits per heavy atom. The van der Waals surface area contributed by atoms with Crippen LogP contribution in [0.2, 0.25) is 0 Å². The fourth-order valence-electron chi connectivity index (χ4n) is 3.91. The number of likely N-dealkylation sites (N-methyl/N-ethyl adjacent to an activating group) is 1. The predicted molar refractivity (Wildman–Crippen MR) is 88.6 cm³/mol. The molecule has 2 N–H and O–H groups in total. The van der Waals surface area contributed by atoms with Crippen molar-refractivity contribution in [2.45, 2.75) is 70.1 Å². The van der Waals surface area contributed by atoms with Gasteiger partial charge in [-0.1, -0.05) is 0 Å². The highest BCUT2D eigenvalue weighted by atomic mass is 16.5. The summed E-state index contributed by atoms with van der Waals surface area (Å²) in [5.74, 6) is 0. The lowest BCUT2D eigenvalue weighted by Crippen LogP contribution is -2.55. The Bertz CT molecular complexity index is 304. The topological polar surface area (TPSA) is 41.7 Å². The van der Waals surface area contributed by atoms with Gasteiger partial charge in [-0.05, 0) is 66.0 Å². The molecule has 2 atom stereocenters. The zero-order valence-electron chi connectivity index (χ0n) is 14.3. The van der Waals surface area contributed by atoms with Crippen LogP contribution in [0.1, 0.15) is 52.4 Å². The van der Waals surface area contributed by atoms with Crippen LogP contribution in [0.3, 0.4) is 0 Å². The summed E-state index contributed by atoms with van der Waals surface area (Å²) in [4.78, 5) is 5.12. The van der Waals surface area contributed by atoms with Crippen molar-refractivity contribution in [3.8, 4) is 0 Å². The van der Waals surface area contributed by atoms with Crippen LogP contribution >= 0.6 is 0 Å². The van der Waals surface area contributed by atoms with Gasteiger partial charge in [0.2, 0.25) is 0 Å². The molecule has 2 rings (SSSR count). The smallest absolute Gasteiger partial charge is 0.0702 e. The first-order valence-electron chi connectivity index (χ1n) is 8.84. The molecule has 0 saturated carbocycles. The van der Waals surface area contributed by atoms with Crippen molar-refractivity contribution in [3.05, 3.63) is 0 Å². The Hall–Kier alpha value is -0.160. The highest BCUT2D eigenvalue weighted by molar-refractivity contribution is 4.94. The number of ether oxygens (including phenoxy) is 1.